The second-order valence-corrected chi connectivity index (χ2v) is 6.34. The average Bonchev–Trinajstić information content (AvgIpc) is 2.90. The van der Waals surface area contributed by atoms with Crippen LogP contribution in [0.15, 0.2) is 18.2 Å². The summed E-state index contributed by atoms with van der Waals surface area (Å²) in [6.07, 6.45) is 1.60. The van der Waals surface area contributed by atoms with E-state index in [1.165, 1.54) is 6.07 Å². The first kappa shape index (κ1) is 16.5. The molecule has 0 radical (unpaired) electrons. The van der Waals surface area contributed by atoms with Crippen molar-refractivity contribution in [3.05, 3.63) is 24.0 Å². The second-order valence-electron chi connectivity index (χ2n) is 6.34. The Balaban J connectivity index is 1.95. The minimum atomic E-state index is -0.678. The summed E-state index contributed by atoms with van der Waals surface area (Å²) in [4.78, 5) is 11.7. The summed E-state index contributed by atoms with van der Waals surface area (Å²) in [6, 6.07) is 4.49. The van der Waals surface area contributed by atoms with E-state index in [1.807, 2.05) is 0 Å². The van der Waals surface area contributed by atoms with Gasteiger partial charge in [0, 0.05) is 18.8 Å². The first-order valence-electron chi connectivity index (χ1n) is 7.48. The van der Waals surface area contributed by atoms with Crippen molar-refractivity contribution in [2.24, 2.45) is 0 Å². The van der Waals surface area contributed by atoms with Crippen LogP contribution in [0, 0.1) is 5.82 Å². The molecule has 2 N–H and O–H groups in total. The summed E-state index contributed by atoms with van der Waals surface area (Å²) in [5.74, 6) is -0.506. The van der Waals surface area contributed by atoms with Gasteiger partial charge in [-0.05, 0) is 51.8 Å². The van der Waals surface area contributed by atoms with Crippen LogP contribution in [-0.2, 0) is 9.47 Å². The number of halogens is 1. The molecule has 1 aromatic carbocycles. The zero-order valence-electron chi connectivity index (χ0n) is 13.2. The smallest absolute Gasteiger partial charge is 0.412 e. The van der Waals surface area contributed by atoms with Gasteiger partial charge in [-0.2, -0.15) is 0 Å². The highest BCUT2D eigenvalue weighted by molar-refractivity contribution is 5.85. The zero-order valence-corrected chi connectivity index (χ0v) is 13.2. The van der Waals surface area contributed by atoms with Crippen LogP contribution < -0.4 is 10.6 Å². The molecule has 22 heavy (non-hydrogen) atoms. The minimum Gasteiger partial charge on any atom is -0.444 e. The third kappa shape index (κ3) is 5.18. The Hall–Kier alpha value is -1.82. The number of nitrogens with one attached hydrogen (secondary N) is 2. The van der Waals surface area contributed by atoms with Crippen LogP contribution >= 0.6 is 0 Å². The molecular formula is C16H23FN2O3. The van der Waals surface area contributed by atoms with E-state index in [0.717, 1.165) is 25.1 Å². The number of rotatable bonds is 4. The fraction of sp³-hybridized carbons (Fsp3) is 0.562. The van der Waals surface area contributed by atoms with Crippen LogP contribution in [0.3, 0.4) is 0 Å². The summed E-state index contributed by atoms with van der Waals surface area (Å²) >= 11 is 0. The van der Waals surface area contributed by atoms with Crippen LogP contribution in [0.4, 0.5) is 20.6 Å². The third-order valence-corrected chi connectivity index (χ3v) is 3.16. The first-order chi connectivity index (χ1) is 10.3. The van der Waals surface area contributed by atoms with Gasteiger partial charge in [0.1, 0.15) is 11.4 Å². The van der Waals surface area contributed by atoms with E-state index in [-0.39, 0.29) is 11.8 Å². The van der Waals surface area contributed by atoms with Gasteiger partial charge >= 0.3 is 6.09 Å². The van der Waals surface area contributed by atoms with Crippen LogP contribution in [0.5, 0.6) is 0 Å². The van der Waals surface area contributed by atoms with Gasteiger partial charge in [0.25, 0.3) is 0 Å². The largest absolute Gasteiger partial charge is 0.444 e. The van der Waals surface area contributed by atoms with Crippen LogP contribution in [0.25, 0.3) is 0 Å². The lowest BCUT2D eigenvalue weighted by molar-refractivity contribution is 0.0635. The summed E-state index contributed by atoms with van der Waals surface area (Å²) in [6.45, 7) is 6.71. The summed E-state index contributed by atoms with van der Waals surface area (Å²) < 4.78 is 24.4. The van der Waals surface area contributed by atoms with Crippen molar-refractivity contribution >= 4 is 17.5 Å². The highest BCUT2D eigenvalue weighted by atomic mass is 19.1. The highest BCUT2D eigenvalue weighted by Gasteiger charge is 2.18. The molecule has 0 saturated carbocycles. The van der Waals surface area contributed by atoms with E-state index in [0.29, 0.717) is 6.54 Å². The summed E-state index contributed by atoms with van der Waals surface area (Å²) in [5, 5.41) is 5.62. The molecule has 1 aliphatic heterocycles. The Morgan fingerprint density at radius 2 is 2.23 bits per heavy atom. The van der Waals surface area contributed by atoms with Gasteiger partial charge in [0.2, 0.25) is 0 Å². The summed E-state index contributed by atoms with van der Waals surface area (Å²) in [7, 11) is 0. The number of anilines is 2. The molecule has 6 heteroatoms. The monoisotopic (exact) mass is 310 g/mol. The van der Waals surface area contributed by atoms with Gasteiger partial charge in [0.05, 0.1) is 11.8 Å². The predicted molar refractivity (Wildman–Crippen MR) is 83.7 cm³/mol. The van der Waals surface area contributed by atoms with Crippen molar-refractivity contribution in [3.63, 3.8) is 0 Å². The van der Waals surface area contributed by atoms with Crippen LogP contribution in [0.1, 0.15) is 33.6 Å². The molecule has 1 aliphatic rings. The van der Waals surface area contributed by atoms with Gasteiger partial charge in [-0.15, -0.1) is 0 Å². The van der Waals surface area contributed by atoms with Gasteiger partial charge in [0.15, 0.2) is 0 Å². The van der Waals surface area contributed by atoms with Crippen molar-refractivity contribution in [2.75, 3.05) is 23.8 Å². The molecule has 1 saturated heterocycles. The van der Waals surface area contributed by atoms with Crippen molar-refractivity contribution in [1.82, 2.24) is 0 Å². The van der Waals surface area contributed by atoms with E-state index < -0.39 is 17.5 Å². The molecule has 2 rings (SSSR count). The Kier molecular flexibility index (Phi) is 5.24. The lowest BCUT2D eigenvalue weighted by Gasteiger charge is -2.20. The van der Waals surface area contributed by atoms with E-state index in [2.05, 4.69) is 10.6 Å². The maximum Gasteiger partial charge on any atom is 0.412 e. The maximum atomic E-state index is 13.8. The van der Waals surface area contributed by atoms with Crippen LogP contribution in [-0.4, -0.2) is 30.9 Å². The number of hydrogen-bond donors (Lipinski definition) is 2. The van der Waals surface area contributed by atoms with E-state index >= 15 is 0 Å². The SMILES string of the molecule is CC(C)(C)OC(=O)Nc1cc(NCC2CCCO2)ccc1F. The molecule has 1 heterocycles. The number of benzene rings is 1. The molecule has 1 atom stereocenters. The predicted octanol–water partition coefficient (Wildman–Crippen LogP) is 3.76. The summed E-state index contributed by atoms with van der Waals surface area (Å²) in [5.41, 5.74) is 0.186. The quantitative estimate of drug-likeness (QED) is 0.889. The first-order valence-corrected chi connectivity index (χ1v) is 7.48. The van der Waals surface area contributed by atoms with E-state index in [1.54, 1.807) is 32.9 Å². The van der Waals surface area contributed by atoms with Gasteiger partial charge < -0.3 is 14.8 Å². The molecule has 5 nitrogen and oxygen atoms in total. The molecule has 1 fully saturated rings. The van der Waals surface area contributed by atoms with E-state index in [9.17, 15) is 9.18 Å². The lowest BCUT2D eigenvalue weighted by atomic mass is 10.2. The number of carbonyl (C=O) groups excluding carboxylic acids is 1. The van der Waals surface area contributed by atoms with Crippen molar-refractivity contribution in [1.29, 1.82) is 0 Å². The fourth-order valence-electron chi connectivity index (χ4n) is 2.18. The van der Waals surface area contributed by atoms with Gasteiger partial charge in [-0.1, -0.05) is 0 Å². The van der Waals surface area contributed by atoms with Gasteiger partial charge in [-0.3, -0.25) is 5.32 Å². The Morgan fingerprint density at radius 3 is 2.86 bits per heavy atom. The Morgan fingerprint density at radius 1 is 1.45 bits per heavy atom. The fourth-order valence-corrected chi connectivity index (χ4v) is 2.18. The minimum absolute atomic E-state index is 0.0894. The Bertz CT molecular complexity index is 523. The molecule has 0 aromatic heterocycles. The molecule has 0 spiro atoms. The van der Waals surface area contributed by atoms with E-state index in [4.69, 9.17) is 9.47 Å². The molecule has 122 valence electrons. The third-order valence-electron chi connectivity index (χ3n) is 3.16. The molecular weight excluding hydrogens is 287 g/mol. The second kappa shape index (κ2) is 6.96. The Labute approximate surface area is 130 Å². The number of hydrogen-bond acceptors (Lipinski definition) is 4. The molecule has 1 amide bonds. The number of amides is 1. The molecule has 0 aliphatic carbocycles. The van der Waals surface area contributed by atoms with Crippen LogP contribution in [0.2, 0.25) is 0 Å². The van der Waals surface area contributed by atoms with Gasteiger partial charge in [-0.25, -0.2) is 9.18 Å². The average molecular weight is 310 g/mol. The molecule has 1 aromatic rings. The zero-order chi connectivity index (χ0) is 16.2. The molecule has 0 bridgehead atoms. The normalized spacial score (nSPS) is 18.1. The van der Waals surface area contributed by atoms with Crippen molar-refractivity contribution < 1.29 is 18.7 Å². The van der Waals surface area contributed by atoms with Crippen molar-refractivity contribution in [3.8, 4) is 0 Å². The standard InChI is InChI=1S/C16H23FN2O3/c1-16(2,3)22-15(20)19-14-9-11(6-7-13(14)17)18-10-12-5-4-8-21-12/h6-7,9,12,18H,4-5,8,10H2,1-3H3,(H,19,20). The van der Waals surface area contributed by atoms with Crippen molar-refractivity contribution in [2.45, 2.75) is 45.3 Å². The highest BCUT2D eigenvalue weighted by Crippen LogP contribution is 2.21. The lowest BCUT2D eigenvalue weighted by Crippen LogP contribution is -2.27. The maximum absolute atomic E-state index is 13.8. The topological polar surface area (TPSA) is 59.6 Å². The number of ether oxygens (including phenoxy) is 2. The number of carbonyl (C=O) groups is 1. The molecule has 1 unspecified atom stereocenters.